The highest BCUT2D eigenvalue weighted by atomic mass is 79.9. The molecule has 0 bridgehead atoms. The number of carbonyl (C=O) groups excluding carboxylic acids is 1. The van der Waals surface area contributed by atoms with Gasteiger partial charge in [-0.3, -0.25) is 4.79 Å². The van der Waals surface area contributed by atoms with E-state index in [1.165, 1.54) is 12.0 Å². The van der Waals surface area contributed by atoms with Gasteiger partial charge in [-0.05, 0) is 37.3 Å². The maximum Gasteiger partial charge on any atom is 0.227 e. The third-order valence-corrected chi connectivity index (χ3v) is 4.48. The Labute approximate surface area is 117 Å². The number of hydrogen-bond acceptors (Lipinski definition) is 1. The quantitative estimate of drug-likeness (QED) is 0.784. The Kier molecular flexibility index (Phi) is 4.81. The highest BCUT2D eigenvalue weighted by Crippen LogP contribution is 2.20. The number of likely N-dealkylation sites (tertiary alicyclic amines) is 1. The van der Waals surface area contributed by atoms with Crippen molar-refractivity contribution in [3.05, 3.63) is 35.4 Å². The van der Waals surface area contributed by atoms with Gasteiger partial charge in [0.05, 0.1) is 6.42 Å². The van der Waals surface area contributed by atoms with Crippen molar-refractivity contribution in [2.75, 3.05) is 11.9 Å². The first-order valence-corrected chi connectivity index (χ1v) is 7.74. The molecule has 1 saturated heterocycles. The van der Waals surface area contributed by atoms with Crippen molar-refractivity contribution in [2.24, 2.45) is 0 Å². The molecule has 1 heterocycles. The van der Waals surface area contributed by atoms with Gasteiger partial charge in [0, 0.05) is 17.9 Å². The van der Waals surface area contributed by atoms with E-state index in [1.54, 1.807) is 0 Å². The first kappa shape index (κ1) is 13.6. The van der Waals surface area contributed by atoms with Crippen molar-refractivity contribution in [3.63, 3.8) is 0 Å². The molecule has 98 valence electrons. The van der Waals surface area contributed by atoms with Crippen molar-refractivity contribution in [1.82, 2.24) is 4.90 Å². The van der Waals surface area contributed by atoms with E-state index in [-0.39, 0.29) is 5.91 Å². The van der Waals surface area contributed by atoms with E-state index in [0.29, 0.717) is 12.5 Å². The zero-order valence-electron chi connectivity index (χ0n) is 10.9. The summed E-state index contributed by atoms with van der Waals surface area (Å²) in [5.74, 6) is 0.272. The number of benzene rings is 1. The normalized spacial score (nSPS) is 19.9. The topological polar surface area (TPSA) is 20.3 Å². The van der Waals surface area contributed by atoms with Crippen molar-refractivity contribution < 1.29 is 4.79 Å². The molecule has 1 aromatic rings. The lowest BCUT2D eigenvalue weighted by Gasteiger charge is -2.35. The number of carbonyl (C=O) groups is 1. The molecule has 1 atom stereocenters. The van der Waals surface area contributed by atoms with Gasteiger partial charge in [0.1, 0.15) is 0 Å². The fraction of sp³-hybridized carbons (Fsp3) is 0.533. The monoisotopic (exact) mass is 309 g/mol. The van der Waals surface area contributed by atoms with Crippen LogP contribution < -0.4 is 0 Å². The van der Waals surface area contributed by atoms with Crippen LogP contribution in [0.4, 0.5) is 0 Å². The van der Waals surface area contributed by atoms with Crippen molar-refractivity contribution >= 4 is 21.8 Å². The third kappa shape index (κ3) is 3.14. The minimum Gasteiger partial charge on any atom is -0.339 e. The zero-order valence-corrected chi connectivity index (χ0v) is 12.4. The molecule has 0 aliphatic carbocycles. The molecular weight excluding hydrogens is 290 g/mol. The summed E-state index contributed by atoms with van der Waals surface area (Å²) in [7, 11) is 0. The predicted molar refractivity (Wildman–Crippen MR) is 78.0 cm³/mol. The number of piperidine rings is 1. The number of rotatable bonds is 3. The van der Waals surface area contributed by atoms with Gasteiger partial charge in [-0.1, -0.05) is 40.2 Å². The second kappa shape index (κ2) is 6.37. The van der Waals surface area contributed by atoms with E-state index in [9.17, 15) is 4.79 Å². The van der Waals surface area contributed by atoms with Crippen LogP contribution in [0, 0.1) is 6.92 Å². The van der Waals surface area contributed by atoms with Crippen molar-refractivity contribution in [2.45, 2.75) is 38.6 Å². The molecule has 18 heavy (non-hydrogen) atoms. The Bertz CT molecular complexity index is 419. The molecule has 1 unspecified atom stereocenters. The molecule has 0 spiro atoms. The summed E-state index contributed by atoms with van der Waals surface area (Å²) in [4.78, 5) is 14.5. The molecule has 2 nitrogen and oxygen atoms in total. The number of halogens is 1. The summed E-state index contributed by atoms with van der Waals surface area (Å²) < 4.78 is 0. The van der Waals surface area contributed by atoms with Crippen molar-refractivity contribution in [1.29, 1.82) is 0 Å². The molecule has 0 aromatic heterocycles. The Morgan fingerprint density at radius 3 is 2.89 bits per heavy atom. The lowest BCUT2D eigenvalue weighted by atomic mass is 10.0. The van der Waals surface area contributed by atoms with Gasteiger partial charge in [-0.2, -0.15) is 0 Å². The van der Waals surface area contributed by atoms with Crippen LogP contribution in [0.25, 0.3) is 0 Å². The van der Waals surface area contributed by atoms with E-state index in [4.69, 9.17) is 0 Å². The van der Waals surface area contributed by atoms with Crippen LogP contribution in [0.3, 0.4) is 0 Å². The van der Waals surface area contributed by atoms with Gasteiger partial charge in [-0.15, -0.1) is 0 Å². The molecule has 0 radical (unpaired) electrons. The molecule has 0 saturated carbocycles. The van der Waals surface area contributed by atoms with E-state index in [1.807, 2.05) is 12.1 Å². The van der Waals surface area contributed by atoms with Crippen molar-refractivity contribution in [3.8, 4) is 0 Å². The molecular formula is C15H20BrNO. The van der Waals surface area contributed by atoms with Gasteiger partial charge in [-0.25, -0.2) is 0 Å². The Hall–Kier alpha value is -0.830. The van der Waals surface area contributed by atoms with Crippen LogP contribution in [-0.2, 0) is 11.2 Å². The third-order valence-electron chi connectivity index (χ3n) is 3.73. The fourth-order valence-electron chi connectivity index (χ4n) is 2.56. The SMILES string of the molecule is Cc1ccccc1CC(=O)N1CCCCC1CBr. The minimum absolute atomic E-state index is 0.272. The van der Waals surface area contributed by atoms with Gasteiger partial charge in [0.2, 0.25) is 5.91 Å². The molecule has 1 fully saturated rings. The van der Waals surface area contributed by atoms with Crippen LogP contribution in [-0.4, -0.2) is 28.7 Å². The number of nitrogens with zero attached hydrogens (tertiary/aromatic N) is 1. The van der Waals surface area contributed by atoms with Crippen LogP contribution in [0.1, 0.15) is 30.4 Å². The molecule has 3 heteroatoms. The minimum atomic E-state index is 0.272. The first-order valence-electron chi connectivity index (χ1n) is 6.62. The maximum atomic E-state index is 12.4. The second-order valence-corrected chi connectivity index (χ2v) is 5.64. The van der Waals surface area contributed by atoms with E-state index in [2.05, 4.69) is 39.9 Å². The highest BCUT2D eigenvalue weighted by molar-refractivity contribution is 9.09. The average Bonchev–Trinajstić information content (AvgIpc) is 2.41. The summed E-state index contributed by atoms with van der Waals surface area (Å²) in [6.45, 7) is 2.99. The lowest BCUT2D eigenvalue weighted by molar-refractivity contribution is -0.133. The van der Waals surface area contributed by atoms with Crippen LogP contribution in [0.2, 0.25) is 0 Å². The summed E-state index contributed by atoms with van der Waals surface area (Å²) >= 11 is 3.53. The fourth-order valence-corrected chi connectivity index (χ4v) is 3.24. The van der Waals surface area contributed by atoms with Gasteiger partial charge < -0.3 is 4.90 Å². The standard InChI is InChI=1S/C15H20BrNO/c1-12-6-2-3-7-13(12)10-15(18)17-9-5-4-8-14(17)11-16/h2-3,6-7,14H,4-5,8-11H2,1H3. The first-order chi connectivity index (χ1) is 8.72. The van der Waals surface area contributed by atoms with E-state index >= 15 is 0 Å². The molecule has 0 N–H and O–H groups in total. The van der Waals surface area contributed by atoms with Gasteiger partial charge >= 0.3 is 0 Å². The second-order valence-electron chi connectivity index (χ2n) is 4.99. The van der Waals surface area contributed by atoms with Crippen LogP contribution in [0.15, 0.2) is 24.3 Å². The summed E-state index contributed by atoms with van der Waals surface area (Å²) in [6, 6.07) is 8.54. The summed E-state index contributed by atoms with van der Waals surface area (Å²) in [6.07, 6.45) is 4.05. The van der Waals surface area contributed by atoms with Crippen LogP contribution in [0.5, 0.6) is 0 Å². The largest absolute Gasteiger partial charge is 0.339 e. The van der Waals surface area contributed by atoms with E-state index < -0.39 is 0 Å². The summed E-state index contributed by atoms with van der Waals surface area (Å²) in [5.41, 5.74) is 2.36. The Morgan fingerprint density at radius 1 is 1.39 bits per heavy atom. The maximum absolute atomic E-state index is 12.4. The Morgan fingerprint density at radius 2 is 2.17 bits per heavy atom. The average molecular weight is 310 g/mol. The number of amides is 1. The molecule has 1 amide bonds. The van der Waals surface area contributed by atoms with Crippen LogP contribution >= 0.6 is 15.9 Å². The van der Waals surface area contributed by atoms with E-state index in [0.717, 1.165) is 30.3 Å². The molecule has 1 aliphatic rings. The number of hydrogen-bond donors (Lipinski definition) is 0. The number of alkyl halides is 1. The molecule has 1 aromatic carbocycles. The highest BCUT2D eigenvalue weighted by Gasteiger charge is 2.25. The van der Waals surface area contributed by atoms with Gasteiger partial charge in [0.25, 0.3) is 0 Å². The number of aryl methyl sites for hydroxylation is 1. The summed E-state index contributed by atoms with van der Waals surface area (Å²) in [5, 5.41) is 0.895. The lowest BCUT2D eigenvalue weighted by Crippen LogP contribution is -2.45. The zero-order chi connectivity index (χ0) is 13.0. The molecule has 1 aliphatic heterocycles. The molecule has 2 rings (SSSR count). The van der Waals surface area contributed by atoms with Gasteiger partial charge in [0.15, 0.2) is 0 Å². The smallest absolute Gasteiger partial charge is 0.227 e. The predicted octanol–water partition coefficient (Wildman–Crippen LogP) is 3.31. The Balaban J connectivity index is 2.05.